The van der Waals surface area contributed by atoms with E-state index in [4.69, 9.17) is 4.74 Å². The van der Waals surface area contributed by atoms with E-state index in [2.05, 4.69) is 33.2 Å². The molecule has 1 N–H and O–H groups in total. The van der Waals surface area contributed by atoms with E-state index in [1.807, 2.05) is 0 Å². The molecule has 2 heterocycles. The number of hydrogen-bond acceptors (Lipinski definition) is 5. The van der Waals surface area contributed by atoms with Gasteiger partial charge in [0, 0.05) is 30.9 Å². The van der Waals surface area contributed by atoms with Crippen molar-refractivity contribution in [1.29, 1.82) is 0 Å². The SMILES string of the molecule is CCCc1cc(N2CCOCC2CNC2CC2)ncn1. The smallest absolute Gasteiger partial charge is 0.132 e. The molecule has 1 aromatic heterocycles. The Kier molecular flexibility index (Phi) is 4.47. The molecule has 0 bridgehead atoms. The van der Waals surface area contributed by atoms with E-state index in [9.17, 15) is 0 Å². The van der Waals surface area contributed by atoms with Crippen molar-refractivity contribution >= 4 is 5.82 Å². The van der Waals surface area contributed by atoms with E-state index in [1.54, 1.807) is 6.33 Å². The molecule has 1 saturated carbocycles. The number of nitrogens with zero attached hydrogens (tertiary/aromatic N) is 3. The molecule has 20 heavy (non-hydrogen) atoms. The van der Waals surface area contributed by atoms with Gasteiger partial charge in [-0.25, -0.2) is 9.97 Å². The van der Waals surface area contributed by atoms with Crippen LogP contribution in [0.3, 0.4) is 0 Å². The largest absolute Gasteiger partial charge is 0.377 e. The van der Waals surface area contributed by atoms with Crippen molar-refractivity contribution < 1.29 is 4.74 Å². The van der Waals surface area contributed by atoms with Crippen molar-refractivity contribution in [3.8, 4) is 0 Å². The van der Waals surface area contributed by atoms with Gasteiger partial charge in [0.25, 0.3) is 0 Å². The number of morpholine rings is 1. The summed E-state index contributed by atoms with van der Waals surface area (Å²) in [6.07, 6.45) is 6.47. The van der Waals surface area contributed by atoms with Gasteiger partial charge >= 0.3 is 0 Å². The highest BCUT2D eigenvalue weighted by atomic mass is 16.5. The molecule has 5 heteroatoms. The fourth-order valence-electron chi connectivity index (χ4n) is 2.65. The molecule has 1 atom stereocenters. The van der Waals surface area contributed by atoms with Gasteiger partial charge in [-0.2, -0.15) is 0 Å². The summed E-state index contributed by atoms with van der Waals surface area (Å²) in [6, 6.07) is 3.26. The number of hydrogen-bond donors (Lipinski definition) is 1. The van der Waals surface area contributed by atoms with Crippen molar-refractivity contribution in [2.45, 2.75) is 44.7 Å². The third-order valence-electron chi connectivity index (χ3n) is 3.96. The number of rotatable bonds is 6. The number of anilines is 1. The lowest BCUT2D eigenvalue weighted by atomic mass is 10.2. The summed E-state index contributed by atoms with van der Waals surface area (Å²) in [4.78, 5) is 11.2. The molecule has 1 aliphatic heterocycles. The fraction of sp³-hybridized carbons (Fsp3) is 0.733. The van der Waals surface area contributed by atoms with Gasteiger partial charge in [-0.05, 0) is 19.3 Å². The van der Waals surface area contributed by atoms with Gasteiger partial charge in [-0.3, -0.25) is 0 Å². The Morgan fingerprint density at radius 3 is 3.10 bits per heavy atom. The molecule has 2 aliphatic rings. The summed E-state index contributed by atoms with van der Waals surface area (Å²) in [7, 11) is 0. The number of aryl methyl sites for hydroxylation is 1. The second-order valence-electron chi connectivity index (χ2n) is 5.72. The van der Waals surface area contributed by atoms with Gasteiger partial charge in [-0.1, -0.05) is 13.3 Å². The molecule has 2 fully saturated rings. The molecule has 1 unspecified atom stereocenters. The number of ether oxygens (including phenoxy) is 1. The van der Waals surface area contributed by atoms with Crippen LogP contribution < -0.4 is 10.2 Å². The van der Waals surface area contributed by atoms with Crippen LogP contribution in [0.2, 0.25) is 0 Å². The lowest BCUT2D eigenvalue weighted by molar-refractivity contribution is 0.0932. The molecule has 0 aromatic carbocycles. The van der Waals surface area contributed by atoms with Crippen LogP contribution in [0.5, 0.6) is 0 Å². The van der Waals surface area contributed by atoms with Crippen LogP contribution in [0.1, 0.15) is 31.9 Å². The third kappa shape index (κ3) is 3.46. The minimum absolute atomic E-state index is 0.383. The molecule has 1 aliphatic carbocycles. The first-order chi connectivity index (χ1) is 9.86. The summed E-state index contributed by atoms with van der Waals surface area (Å²) >= 11 is 0. The summed E-state index contributed by atoms with van der Waals surface area (Å²) in [6.45, 7) is 5.65. The van der Waals surface area contributed by atoms with Crippen LogP contribution in [0.4, 0.5) is 5.82 Å². The molecule has 110 valence electrons. The second kappa shape index (κ2) is 6.50. The molecule has 0 spiro atoms. The lowest BCUT2D eigenvalue weighted by Gasteiger charge is -2.36. The predicted octanol–water partition coefficient (Wildman–Crippen LogP) is 1.39. The van der Waals surface area contributed by atoms with Crippen LogP contribution in [0.25, 0.3) is 0 Å². The molecule has 1 saturated heterocycles. The summed E-state index contributed by atoms with van der Waals surface area (Å²) in [5, 5.41) is 3.60. The van der Waals surface area contributed by atoms with E-state index in [0.29, 0.717) is 6.04 Å². The number of nitrogens with one attached hydrogen (secondary N) is 1. The van der Waals surface area contributed by atoms with E-state index in [1.165, 1.54) is 12.8 Å². The fourth-order valence-corrected chi connectivity index (χ4v) is 2.65. The molecular weight excluding hydrogens is 252 g/mol. The average molecular weight is 276 g/mol. The van der Waals surface area contributed by atoms with E-state index < -0.39 is 0 Å². The zero-order valence-electron chi connectivity index (χ0n) is 12.2. The van der Waals surface area contributed by atoms with Crippen LogP contribution in [-0.4, -0.2) is 48.4 Å². The van der Waals surface area contributed by atoms with Crippen molar-refractivity contribution in [3.05, 3.63) is 18.1 Å². The Hall–Kier alpha value is -1.20. The normalized spacial score (nSPS) is 23.1. The van der Waals surface area contributed by atoms with Crippen LogP contribution in [0, 0.1) is 0 Å². The Morgan fingerprint density at radius 2 is 2.30 bits per heavy atom. The van der Waals surface area contributed by atoms with Gasteiger partial charge in [0.05, 0.1) is 19.3 Å². The highest BCUT2D eigenvalue weighted by molar-refractivity contribution is 5.41. The summed E-state index contributed by atoms with van der Waals surface area (Å²) in [5.41, 5.74) is 1.14. The van der Waals surface area contributed by atoms with Gasteiger partial charge in [0.15, 0.2) is 0 Å². The van der Waals surface area contributed by atoms with E-state index in [-0.39, 0.29) is 0 Å². The molecule has 3 rings (SSSR count). The molecule has 0 radical (unpaired) electrons. The quantitative estimate of drug-likeness (QED) is 0.851. The van der Waals surface area contributed by atoms with E-state index in [0.717, 1.165) is 56.7 Å². The Labute approximate surface area is 120 Å². The summed E-state index contributed by atoms with van der Waals surface area (Å²) < 4.78 is 5.64. The van der Waals surface area contributed by atoms with Crippen molar-refractivity contribution in [2.24, 2.45) is 0 Å². The topological polar surface area (TPSA) is 50.3 Å². The average Bonchev–Trinajstić information content (AvgIpc) is 3.30. The van der Waals surface area contributed by atoms with Crippen LogP contribution in [-0.2, 0) is 11.2 Å². The first kappa shape index (κ1) is 13.8. The molecular formula is C15H24N4O. The highest BCUT2D eigenvalue weighted by Gasteiger charge is 2.27. The van der Waals surface area contributed by atoms with Crippen molar-refractivity contribution in [3.63, 3.8) is 0 Å². The van der Waals surface area contributed by atoms with Gasteiger partial charge in [0.2, 0.25) is 0 Å². The summed E-state index contributed by atoms with van der Waals surface area (Å²) in [5.74, 6) is 1.05. The van der Waals surface area contributed by atoms with Gasteiger partial charge in [-0.15, -0.1) is 0 Å². The zero-order valence-corrected chi connectivity index (χ0v) is 12.2. The lowest BCUT2D eigenvalue weighted by Crippen LogP contribution is -2.51. The first-order valence-corrected chi connectivity index (χ1v) is 7.75. The second-order valence-corrected chi connectivity index (χ2v) is 5.72. The Balaban J connectivity index is 1.68. The third-order valence-corrected chi connectivity index (χ3v) is 3.96. The minimum Gasteiger partial charge on any atom is -0.377 e. The maximum Gasteiger partial charge on any atom is 0.132 e. The maximum atomic E-state index is 5.64. The predicted molar refractivity (Wildman–Crippen MR) is 79.0 cm³/mol. The molecule has 0 amide bonds. The first-order valence-electron chi connectivity index (χ1n) is 7.75. The maximum absolute atomic E-state index is 5.64. The zero-order chi connectivity index (χ0) is 13.8. The highest BCUT2D eigenvalue weighted by Crippen LogP contribution is 2.21. The van der Waals surface area contributed by atoms with Crippen LogP contribution >= 0.6 is 0 Å². The Morgan fingerprint density at radius 1 is 1.40 bits per heavy atom. The Bertz CT molecular complexity index is 436. The van der Waals surface area contributed by atoms with Gasteiger partial charge in [0.1, 0.15) is 12.1 Å². The van der Waals surface area contributed by atoms with Crippen molar-refractivity contribution in [2.75, 3.05) is 31.2 Å². The molecule has 1 aromatic rings. The minimum atomic E-state index is 0.383. The van der Waals surface area contributed by atoms with Crippen molar-refractivity contribution in [1.82, 2.24) is 15.3 Å². The van der Waals surface area contributed by atoms with Gasteiger partial charge < -0.3 is 15.0 Å². The van der Waals surface area contributed by atoms with Crippen LogP contribution in [0.15, 0.2) is 12.4 Å². The molecule has 5 nitrogen and oxygen atoms in total. The van der Waals surface area contributed by atoms with E-state index >= 15 is 0 Å². The monoisotopic (exact) mass is 276 g/mol. The standard InChI is InChI=1S/C15H24N4O/c1-2-3-13-8-15(18-11-17-13)19-6-7-20-10-14(19)9-16-12-4-5-12/h8,11-12,14,16H,2-7,9-10H2,1H3. The number of aromatic nitrogens is 2.